The molecule has 2 rings (SSSR count). The Kier molecular flexibility index (Phi) is 1.04. The van der Waals surface area contributed by atoms with E-state index in [0.29, 0.717) is 12.6 Å². The maximum absolute atomic E-state index is 10.7. The summed E-state index contributed by atoms with van der Waals surface area (Å²) in [5.41, 5.74) is -0.634. The second kappa shape index (κ2) is 1.71. The zero-order valence-electron chi connectivity index (χ0n) is 5.55. The number of piperazine rings is 1. The smallest absolute Gasteiger partial charge is 0.325 e. The summed E-state index contributed by atoms with van der Waals surface area (Å²) in [6.45, 7) is 1.37. The summed E-state index contributed by atoms with van der Waals surface area (Å²) in [7, 11) is 0. The minimum atomic E-state index is -0.722. The van der Waals surface area contributed by atoms with E-state index < -0.39 is 11.5 Å². The van der Waals surface area contributed by atoms with Crippen LogP contribution in [-0.4, -0.2) is 35.7 Å². The van der Waals surface area contributed by atoms with Crippen molar-refractivity contribution in [3.05, 3.63) is 0 Å². The van der Waals surface area contributed by atoms with Gasteiger partial charge in [-0.25, -0.2) is 0 Å². The van der Waals surface area contributed by atoms with E-state index in [0.717, 1.165) is 13.0 Å². The lowest BCUT2D eigenvalue weighted by Gasteiger charge is -2.22. The van der Waals surface area contributed by atoms with Crippen LogP contribution in [0.3, 0.4) is 0 Å². The maximum Gasteiger partial charge on any atom is 0.325 e. The molecule has 2 fully saturated rings. The van der Waals surface area contributed by atoms with E-state index in [-0.39, 0.29) is 0 Å². The molecule has 2 saturated heterocycles. The Balaban J connectivity index is 2.23. The van der Waals surface area contributed by atoms with Gasteiger partial charge in [-0.05, 0) is 6.42 Å². The Bertz CT molecular complexity index is 173. The lowest BCUT2D eigenvalue weighted by Crippen LogP contribution is -2.54. The number of carbonyl (C=O) groups is 1. The van der Waals surface area contributed by atoms with Crippen LogP contribution in [0.4, 0.5) is 0 Å². The molecule has 0 amide bonds. The quantitative estimate of drug-likeness (QED) is 0.429. The third-order valence-electron chi connectivity index (χ3n) is 2.38. The largest absolute Gasteiger partial charge is 0.480 e. The number of fused-ring (bicyclic) bond motifs is 2. The van der Waals surface area contributed by atoms with E-state index in [1.807, 2.05) is 0 Å². The van der Waals surface area contributed by atoms with Gasteiger partial charge in [0.25, 0.3) is 0 Å². The molecule has 0 aromatic carbocycles. The molecule has 2 aliphatic rings. The lowest BCUT2D eigenvalue weighted by atomic mass is 10.0. The van der Waals surface area contributed by atoms with Crippen LogP contribution >= 0.6 is 0 Å². The first kappa shape index (κ1) is 6.12. The summed E-state index contributed by atoms with van der Waals surface area (Å²) in [6.07, 6.45) is 0.738. The van der Waals surface area contributed by atoms with Crippen LogP contribution in [0.1, 0.15) is 6.42 Å². The number of hydrogen-bond acceptors (Lipinski definition) is 3. The van der Waals surface area contributed by atoms with E-state index in [1.54, 1.807) is 0 Å². The van der Waals surface area contributed by atoms with Crippen molar-refractivity contribution in [1.29, 1.82) is 0 Å². The number of carboxylic acids is 1. The third kappa shape index (κ3) is 0.602. The molecule has 4 nitrogen and oxygen atoms in total. The van der Waals surface area contributed by atoms with Gasteiger partial charge in [-0.2, -0.15) is 0 Å². The number of hydrogen-bond donors (Lipinski definition) is 3. The number of rotatable bonds is 1. The monoisotopic (exact) mass is 142 g/mol. The fraction of sp³-hybridized carbons (Fsp3) is 0.833. The van der Waals surface area contributed by atoms with Crippen molar-refractivity contribution in [2.45, 2.75) is 18.0 Å². The van der Waals surface area contributed by atoms with E-state index in [2.05, 4.69) is 10.6 Å². The molecule has 56 valence electrons. The first-order valence-electron chi connectivity index (χ1n) is 3.45. The zero-order chi connectivity index (χ0) is 7.19. The molecule has 0 radical (unpaired) electrons. The van der Waals surface area contributed by atoms with Crippen molar-refractivity contribution in [3.63, 3.8) is 0 Å². The van der Waals surface area contributed by atoms with Crippen molar-refractivity contribution < 1.29 is 9.90 Å². The van der Waals surface area contributed by atoms with Crippen LogP contribution in [0.2, 0.25) is 0 Å². The maximum atomic E-state index is 10.7. The topological polar surface area (TPSA) is 61.4 Å². The molecule has 4 heteroatoms. The molecule has 0 saturated carbocycles. The molecular weight excluding hydrogens is 132 g/mol. The van der Waals surface area contributed by atoms with Gasteiger partial charge in [-0.1, -0.05) is 0 Å². The van der Waals surface area contributed by atoms with E-state index in [1.165, 1.54) is 0 Å². The van der Waals surface area contributed by atoms with E-state index in [9.17, 15) is 4.79 Å². The van der Waals surface area contributed by atoms with Gasteiger partial charge in [-0.15, -0.1) is 0 Å². The fourth-order valence-corrected chi connectivity index (χ4v) is 1.72. The van der Waals surface area contributed by atoms with Crippen molar-refractivity contribution >= 4 is 5.97 Å². The summed E-state index contributed by atoms with van der Waals surface area (Å²) in [5, 5.41) is 14.9. The minimum Gasteiger partial charge on any atom is -0.480 e. The minimum absolute atomic E-state index is 0.385. The summed E-state index contributed by atoms with van der Waals surface area (Å²) in [6, 6.07) is 0.385. The predicted molar refractivity (Wildman–Crippen MR) is 34.8 cm³/mol. The molecule has 0 spiro atoms. The number of nitrogens with one attached hydrogen (secondary N) is 2. The van der Waals surface area contributed by atoms with Gasteiger partial charge in [0.1, 0.15) is 5.54 Å². The van der Waals surface area contributed by atoms with Crippen LogP contribution in [0.15, 0.2) is 0 Å². The molecule has 0 aliphatic carbocycles. The van der Waals surface area contributed by atoms with Crippen LogP contribution in [0.25, 0.3) is 0 Å². The standard InChI is InChI=1S/C6H10N2O2/c9-5(10)6-1-4(2-8-6)7-3-6/h4,7-8H,1-3H2,(H,9,10)/t4-,6-/m1/s1. The Morgan fingerprint density at radius 3 is 2.70 bits per heavy atom. The van der Waals surface area contributed by atoms with Crippen molar-refractivity contribution in [2.75, 3.05) is 13.1 Å². The Morgan fingerprint density at radius 2 is 2.50 bits per heavy atom. The predicted octanol–water partition coefficient (Wildman–Crippen LogP) is -1.23. The second-order valence-corrected chi connectivity index (χ2v) is 3.05. The SMILES string of the molecule is O=C(O)[C@@]12CN[C@@H](CN1)C2. The molecule has 2 bridgehead atoms. The Morgan fingerprint density at radius 1 is 1.70 bits per heavy atom. The number of aliphatic carboxylic acids is 1. The second-order valence-electron chi connectivity index (χ2n) is 3.05. The molecule has 2 heterocycles. The highest BCUT2D eigenvalue weighted by Gasteiger charge is 2.50. The zero-order valence-corrected chi connectivity index (χ0v) is 5.55. The van der Waals surface area contributed by atoms with Crippen LogP contribution < -0.4 is 10.6 Å². The highest BCUT2D eigenvalue weighted by Crippen LogP contribution is 2.25. The van der Waals surface area contributed by atoms with Crippen LogP contribution in [-0.2, 0) is 4.79 Å². The molecule has 2 aliphatic heterocycles. The van der Waals surface area contributed by atoms with Gasteiger partial charge in [0, 0.05) is 19.1 Å². The van der Waals surface area contributed by atoms with Gasteiger partial charge < -0.3 is 10.4 Å². The first-order valence-corrected chi connectivity index (χ1v) is 3.45. The summed E-state index contributed by atoms with van der Waals surface area (Å²) < 4.78 is 0. The molecule has 0 unspecified atom stereocenters. The lowest BCUT2D eigenvalue weighted by molar-refractivity contribution is -0.143. The van der Waals surface area contributed by atoms with Crippen molar-refractivity contribution in [2.24, 2.45) is 0 Å². The molecule has 3 N–H and O–H groups in total. The average molecular weight is 142 g/mol. The third-order valence-corrected chi connectivity index (χ3v) is 2.38. The van der Waals surface area contributed by atoms with Gasteiger partial charge >= 0.3 is 5.97 Å². The summed E-state index contributed by atoms with van der Waals surface area (Å²) in [4.78, 5) is 10.7. The summed E-state index contributed by atoms with van der Waals surface area (Å²) in [5.74, 6) is -0.722. The molecule has 2 atom stereocenters. The van der Waals surface area contributed by atoms with E-state index >= 15 is 0 Å². The first-order chi connectivity index (χ1) is 4.73. The van der Waals surface area contributed by atoms with Gasteiger partial charge in [0.2, 0.25) is 0 Å². The van der Waals surface area contributed by atoms with Gasteiger partial charge in [0.05, 0.1) is 0 Å². The van der Waals surface area contributed by atoms with Crippen molar-refractivity contribution in [3.8, 4) is 0 Å². The van der Waals surface area contributed by atoms with E-state index in [4.69, 9.17) is 5.11 Å². The molecule has 0 aromatic heterocycles. The van der Waals surface area contributed by atoms with Crippen LogP contribution in [0, 0.1) is 0 Å². The average Bonchev–Trinajstić information content (AvgIpc) is 2.45. The highest BCUT2D eigenvalue weighted by atomic mass is 16.4. The Labute approximate surface area is 58.6 Å². The molecular formula is C6H10N2O2. The highest BCUT2D eigenvalue weighted by molar-refractivity contribution is 5.80. The molecule has 10 heavy (non-hydrogen) atoms. The van der Waals surface area contributed by atoms with Gasteiger partial charge in [-0.3, -0.25) is 10.1 Å². The van der Waals surface area contributed by atoms with Crippen LogP contribution in [0.5, 0.6) is 0 Å². The fourth-order valence-electron chi connectivity index (χ4n) is 1.72. The normalized spacial score (nSPS) is 44.2. The van der Waals surface area contributed by atoms with Crippen molar-refractivity contribution in [1.82, 2.24) is 10.6 Å². The molecule has 0 aromatic rings. The number of carboxylic acid groups (broad SMARTS) is 1. The Hall–Kier alpha value is -0.610. The van der Waals surface area contributed by atoms with Gasteiger partial charge in [0.15, 0.2) is 0 Å². The summed E-state index contributed by atoms with van der Waals surface area (Å²) >= 11 is 0.